The van der Waals surface area contributed by atoms with E-state index in [0.29, 0.717) is 29.0 Å². The summed E-state index contributed by atoms with van der Waals surface area (Å²) in [6, 6.07) is 1.44. The Hall–Kier alpha value is -3.29. The molecule has 1 aliphatic heterocycles. The zero-order valence-electron chi connectivity index (χ0n) is 16.7. The maximum atomic E-state index is 13.7. The number of carbonyl (C=O) groups excluding carboxylic acids is 1. The van der Waals surface area contributed by atoms with Crippen molar-refractivity contribution in [3.63, 3.8) is 0 Å². The molecule has 2 aliphatic rings. The number of aromatic nitrogens is 4. The van der Waals surface area contributed by atoms with Gasteiger partial charge in [0.15, 0.2) is 5.82 Å². The van der Waals surface area contributed by atoms with E-state index in [4.69, 9.17) is 9.72 Å². The van der Waals surface area contributed by atoms with Crippen LogP contribution in [0.1, 0.15) is 38.2 Å². The summed E-state index contributed by atoms with van der Waals surface area (Å²) in [4.78, 5) is 31.1. The zero-order valence-corrected chi connectivity index (χ0v) is 16.7. The minimum atomic E-state index is -0.405. The molecular weight excluding hydrogens is 385 g/mol. The molecule has 0 spiro atoms. The maximum absolute atomic E-state index is 13.7. The third kappa shape index (κ3) is 3.12. The van der Waals surface area contributed by atoms with Gasteiger partial charge in [-0.1, -0.05) is 0 Å². The first-order valence-corrected chi connectivity index (χ1v) is 10.3. The van der Waals surface area contributed by atoms with Gasteiger partial charge < -0.3 is 14.6 Å². The molecule has 1 N–H and O–H groups in total. The third-order valence-corrected chi connectivity index (χ3v) is 5.73. The third-order valence-electron chi connectivity index (χ3n) is 5.73. The van der Waals surface area contributed by atoms with Crippen molar-refractivity contribution < 1.29 is 13.9 Å². The molecule has 0 saturated carbocycles. The first-order valence-electron chi connectivity index (χ1n) is 10.3. The first-order chi connectivity index (χ1) is 14.7. The number of allylic oxidation sites excluding steroid dienone is 1. The predicted octanol–water partition coefficient (Wildman–Crippen LogP) is 3.91. The lowest BCUT2D eigenvalue weighted by Gasteiger charge is -2.28. The average molecular weight is 407 g/mol. The normalized spacial score (nSPS) is 16.3. The molecule has 5 rings (SSSR count). The second kappa shape index (κ2) is 7.51. The number of fused-ring (bicyclic) bond motifs is 2. The highest BCUT2D eigenvalue weighted by atomic mass is 19.1. The standard InChI is InChI=1S/C22H22FN5O2/c1-2-30-22(29)15-5-3-4-6-18(15)28-8-7-13-10-24-20(27-21(13)28)17-12-26-19-16(17)9-14(23)11-25-19/h9-12H,2-8H2,1H3,(H,25,26). The van der Waals surface area contributed by atoms with Crippen molar-refractivity contribution in [3.05, 3.63) is 47.3 Å². The second-order valence-electron chi connectivity index (χ2n) is 7.55. The van der Waals surface area contributed by atoms with E-state index in [0.717, 1.165) is 61.3 Å². The van der Waals surface area contributed by atoms with Crippen LogP contribution in [-0.2, 0) is 16.0 Å². The van der Waals surface area contributed by atoms with Crippen molar-refractivity contribution in [2.45, 2.75) is 39.0 Å². The Morgan fingerprint density at radius 3 is 2.97 bits per heavy atom. The number of esters is 1. The summed E-state index contributed by atoms with van der Waals surface area (Å²) in [6.07, 6.45) is 9.16. The van der Waals surface area contributed by atoms with E-state index < -0.39 is 5.82 Å². The molecule has 4 heterocycles. The highest BCUT2D eigenvalue weighted by molar-refractivity contribution is 5.92. The van der Waals surface area contributed by atoms with Crippen molar-refractivity contribution >= 4 is 22.8 Å². The number of ether oxygens (including phenoxy) is 1. The van der Waals surface area contributed by atoms with Crippen molar-refractivity contribution in [1.29, 1.82) is 0 Å². The Bertz CT molecular complexity index is 1170. The lowest BCUT2D eigenvalue weighted by Crippen LogP contribution is -2.27. The van der Waals surface area contributed by atoms with Crippen LogP contribution >= 0.6 is 0 Å². The van der Waals surface area contributed by atoms with Gasteiger partial charge in [-0.05, 0) is 45.1 Å². The molecule has 0 saturated heterocycles. The molecule has 7 nitrogen and oxygen atoms in total. The summed E-state index contributed by atoms with van der Waals surface area (Å²) in [5.74, 6) is 0.691. The van der Waals surface area contributed by atoms with Gasteiger partial charge in [0.1, 0.15) is 17.3 Å². The number of rotatable bonds is 4. The monoisotopic (exact) mass is 407 g/mol. The van der Waals surface area contributed by atoms with Crippen molar-refractivity contribution in [2.24, 2.45) is 0 Å². The van der Waals surface area contributed by atoms with Crippen LogP contribution in [0.4, 0.5) is 10.2 Å². The number of halogens is 1. The molecule has 3 aromatic heterocycles. The fraction of sp³-hybridized carbons (Fsp3) is 0.364. The quantitative estimate of drug-likeness (QED) is 0.660. The topological polar surface area (TPSA) is 84.0 Å². The number of carbonyl (C=O) groups is 1. The van der Waals surface area contributed by atoms with Gasteiger partial charge in [0.2, 0.25) is 0 Å². The number of nitrogens with one attached hydrogen (secondary N) is 1. The van der Waals surface area contributed by atoms with Gasteiger partial charge in [0.25, 0.3) is 0 Å². The summed E-state index contributed by atoms with van der Waals surface area (Å²) in [6.45, 7) is 2.95. The van der Waals surface area contributed by atoms with Gasteiger partial charge in [-0.3, -0.25) is 0 Å². The molecule has 0 bridgehead atoms. The number of hydrogen-bond donors (Lipinski definition) is 1. The molecule has 8 heteroatoms. The minimum Gasteiger partial charge on any atom is -0.463 e. The molecule has 0 fully saturated rings. The average Bonchev–Trinajstić information content (AvgIpc) is 3.37. The van der Waals surface area contributed by atoms with E-state index in [2.05, 4.69) is 19.9 Å². The minimum absolute atomic E-state index is 0.229. The molecule has 3 aromatic rings. The van der Waals surface area contributed by atoms with Crippen LogP contribution in [0.2, 0.25) is 0 Å². The number of H-pyrrole nitrogens is 1. The largest absolute Gasteiger partial charge is 0.463 e. The maximum Gasteiger partial charge on any atom is 0.335 e. The predicted molar refractivity (Wildman–Crippen MR) is 110 cm³/mol. The van der Waals surface area contributed by atoms with E-state index >= 15 is 0 Å². The van der Waals surface area contributed by atoms with E-state index in [9.17, 15) is 9.18 Å². The van der Waals surface area contributed by atoms with Gasteiger partial charge in [0, 0.05) is 41.1 Å². The van der Waals surface area contributed by atoms with Crippen molar-refractivity contribution in [1.82, 2.24) is 19.9 Å². The van der Waals surface area contributed by atoms with Gasteiger partial charge in [-0.15, -0.1) is 0 Å². The lowest BCUT2D eigenvalue weighted by atomic mass is 9.95. The van der Waals surface area contributed by atoms with Gasteiger partial charge in [0.05, 0.1) is 18.4 Å². The van der Waals surface area contributed by atoms with Gasteiger partial charge in [-0.25, -0.2) is 24.1 Å². The highest BCUT2D eigenvalue weighted by Crippen LogP contribution is 2.37. The van der Waals surface area contributed by atoms with Crippen LogP contribution in [0.25, 0.3) is 22.4 Å². The second-order valence-corrected chi connectivity index (χ2v) is 7.55. The molecule has 0 atom stereocenters. The summed E-state index contributed by atoms with van der Waals surface area (Å²) < 4.78 is 19.0. The molecule has 0 unspecified atom stereocenters. The number of anilines is 1. The van der Waals surface area contributed by atoms with Crippen LogP contribution in [-0.4, -0.2) is 39.1 Å². The highest BCUT2D eigenvalue weighted by Gasteiger charge is 2.30. The van der Waals surface area contributed by atoms with Crippen LogP contribution < -0.4 is 4.90 Å². The summed E-state index contributed by atoms with van der Waals surface area (Å²) in [5, 5.41) is 0.642. The van der Waals surface area contributed by atoms with E-state index in [-0.39, 0.29) is 5.97 Å². The smallest absolute Gasteiger partial charge is 0.335 e. The van der Waals surface area contributed by atoms with Crippen LogP contribution in [0, 0.1) is 5.82 Å². The van der Waals surface area contributed by atoms with E-state index in [1.54, 1.807) is 6.20 Å². The Kier molecular flexibility index (Phi) is 4.69. The zero-order chi connectivity index (χ0) is 20.7. The number of aromatic amines is 1. The van der Waals surface area contributed by atoms with Crippen molar-refractivity contribution in [2.75, 3.05) is 18.1 Å². The summed E-state index contributed by atoms with van der Waals surface area (Å²) in [7, 11) is 0. The van der Waals surface area contributed by atoms with E-state index in [1.807, 2.05) is 13.1 Å². The van der Waals surface area contributed by atoms with Crippen LogP contribution in [0.15, 0.2) is 35.9 Å². The SMILES string of the molecule is CCOC(=O)C1=C(N2CCc3cnc(-c4c[nH]c5ncc(F)cc45)nc32)CCCC1. The lowest BCUT2D eigenvalue weighted by molar-refractivity contribution is -0.138. The van der Waals surface area contributed by atoms with Crippen LogP contribution in [0.5, 0.6) is 0 Å². The Balaban J connectivity index is 1.58. The van der Waals surface area contributed by atoms with Crippen molar-refractivity contribution in [3.8, 4) is 11.4 Å². The van der Waals surface area contributed by atoms with Crippen LogP contribution in [0.3, 0.4) is 0 Å². The fourth-order valence-electron chi connectivity index (χ4n) is 4.33. The Morgan fingerprint density at radius 2 is 2.10 bits per heavy atom. The van der Waals surface area contributed by atoms with Gasteiger partial charge >= 0.3 is 5.97 Å². The molecule has 0 amide bonds. The molecule has 1 aliphatic carbocycles. The number of pyridine rings is 1. The van der Waals surface area contributed by atoms with E-state index in [1.165, 1.54) is 12.3 Å². The molecule has 0 aromatic carbocycles. The Labute approximate surface area is 173 Å². The molecule has 154 valence electrons. The summed E-state index contributed by atoms with van der Waals surface area (Å²) >= 11 is 0. The molecule has 0 radical (unpaired) electrons. The first kappa shape index (κ1) is 18.7. The fourth-order valence-corrected chi connectivity index (χ4v) is 4.33. The molecular formula is C22H22FN5O2. The van der Waals surface area contributed by atoms with Gasteiger partial charge in [-0.2, -0.15) is 0 Å². The summed E-state index contributed by atoms with van der Waals surface area (Å²) in [5.41, 5.74) is 4.11. The number of nitrogens with zero attached hydrogens (tertiary/aromatic N) is 4. The number of hydrogen-bond acceptors (Lipinski definition) is 6. The Morgan fingerprint density at radius 1 is 1.23 bits per heavy atom. The molecule has 30 heavy (non-hydrogen) atoms.